The number of hydrogen-bond donors (Lipinski definition) is 1. The number of carbonyl (C=O) groups is 1. The molecule has 1 aromatic heterocycles. The highest BCUT2D eigenvalue weighted by Gasteiger charge is 2.23. The van der Waals surface area contributed by atoms with Crippen molar-refractivity contribution in [2.45, 2.75) is 62.5 Å². The van der Waals surface area contributed by atoms with Gasteiger partial charge < -0.3 is 9.88 Å². The highest BCUT2D eigenvalue weighted by Crippen LogP contribution is 2.24. The van der Waals surface area contributed by atoms with Crippen LogP contribution in [0.2, 0.25) is 0 Å². The van der Waals surface area contributed by atoms with Crippen molar-refractivity contribution in [2.75, 3.05) is 0 Å². The second kappa shape index (κ2) is 7.83. The van der Waals surface area contributed by atoms with E-state index >= 15 is 0 Å². The van der Waals surface area contributed by atoms with Crippen molar-refractivity contribution in [2.24, 2.45) is 0 Å². The van der Waals surface area contributed by atoms with Crippen LogP contribution in [0.4, 0.5) is 0 Å². The summed E-state index contributed by atoms with van der Waals surface area (Å²) in [6.07, 6.45) is 4.65. The van der Waals surface area contributed by atoms with Gasteiger partial charge in [-0.25, -0.2) is 0 Å². The molecular formula is C18H24N4OS. The van der Waals surface area contributed by atoms with E-state index in [0.29, 0.717) is 6.04 Å². The highest BCUT2D eigenvalue weighted by molar-refractivity contribution is 8.00. The summed E-state index contributed by atoms with van der Waals surface area (Å²) in [7, 11) is 0. The van der Waals surface area contributed by atoms with Crippen LogP contribution in [0, 0.1) is 6.92 Å². The smallest absolute Gasteiger partial charge is 0.233 e. The van der Waals surface area contributed by atoms with Gasteiger partial charge in [-0.15, -0.1) is 10.2 Å². The molecule has 3 rings (SSSR count). The predicted molar refractivity (Wildman–Crippen MR) is 96.0 cm³/mol. The SMILES string of the molecule is Cc1nnc(SC(C)C(=O)NC2CCCC2)n1Cc1ccccc1. The molecule has 0 radical (unpaired) electrons. The van der Waals surface area contributed by atoms with Crippen molar-refractivity contribution in [1.29, 1.82) is 0 Å². The van der Waals surface area contributed by atoms with Gasteiger partial charge in [-0.3, -0.25) is 4.79 Å². The van der Waals surface area contributed by atoms with Crippen LogP contribution >= 0.6 is 11.8 Å². The highest BCUT2D eigenvalue weighted by atomic mass is 32.2. The summed E-state index contributed by atoms with van der Waals surface area (Å²) < 4.78 is 2.07. The van der Waals surface area contributed by atoms with E-state index in [0.717, 1.165) is 30.4 Å². The topological polar surface area (TPSA) is 59.8 Å². The van der Waals surface area contributed by atoms with Gasteiger partial charge in [0.2, 0.25) is 5.91 Å². The number of thioether (sulfide) groups is 1. The molecule has 128 valence electrons. The maximum Gasteiger partial charge on any atom is 0.233 e. The number of rotatable bonds is 6. The van der Waals surface area contributed by atoms with E-state index in [1.54, 1.807) is 0 Å². The Hall–Kier alpha value is -1.82. The first-order valence-corrected chi connectivity index (χ1v) is 9.42. The summed E-state index contributed by atoms with van der Waals surface area (Å²) >= 11 is 1.48. The molecular weight excluding hydrogens is 320 g/mol. The minimum Gasteiger partial charge on any atom is -0.352 e. The zero-order chi connectivity index (χ0) is 16.9. The Labute approximate surface area is 147 Å². The molecule has 0 spiro atoms. The second-order valence-electron chi connectivity index (χ2n) is 6.35. The molecule has 1 aliphatic rings. The fourth-order valence-electron chi connectivity index (χ4n) is 3.00. The first-order chi connectivity index (χ1) is 11.6. The molecule has 0 saturated heterocycles. The Bertz CT molecular complexity index is 680. The maximum absolute atomic E-state index is 12.4. The second-order valence-corrected chi connectivity index (χ2v) is 7.66. The molecule has 1 aliphatic carbocycles. The third-order valence-corrected chi connectivity index (χ3v) is 5.52. The van der Waals surface area contributed by atoms with Gasteiger partial charge >= 0.3 is 0 Å². The lowest BCUT2D eigenvalue weighted by atomic mass is 10.2. The van der Waals surface area contributed by atoms with Gasteiger partial charge in [-0.1, -0.05) is 54.9 Å². The summed E-state index contributed by atoms with van der Waals surface area (Å²) in [4.78, 5) is 12.4. The maximum atomic E-state index is 12.4. The number of carbonyl (C=O) groups excluding carboxylic acids is 1. The number of hydrogen-bond acceptors (Lipinski definition) is 4. The van der Waals surface area contributed by atoms with Gasteiger partial charge in [0.25, 0.3) is 0 Å². The zero-order valence-electron chi connectivity index (χ0n) is 14.2. The van der Waals surface area contributed by atoms with E-state index in [-0.39, 0.29) is 11.2 Å². The summed E-state index contributed by atoms with van der Waals surface area (Å²) in [5.41, 5.74) is 1.20. The average Bonchev–Trinajstić information content (AvgIpc) is 3.21. The van der Waals surface area contributed by atoms with Crippen molar-refractivity contribution >= 4 is 17.7 Å². The fraction of sp³-hybridized carbons (Fsp3) is 0.500. The molecule has 6 heteroatoms. The molecule has 1 heterocycles. The monoisotopic (exact) mass is 344 g/mol. The van der Waals surface area contributed by atoms with Crippen molar-refractivity contribution in [3.8, 4) is 0 Å². The number of amides is 1. The quantitative estimate of drug-likeness (QED) is 0.818. The average molecular weight is 344 g/mol. The lowest BCUT2D eigenvalue weighted by Gasteiger charge is -2.16. The first kappa shape index (κ1) is 17.0. The van der Waals surface area contributed by atoms with Crippen LogP contribution in [-0.2, 0) is 11.3 Å². The van der Waals surface area contributed by atoms with E-state index in [9.17, 15) is 4.79 Å². The molecule has 2 aromatic rings. The molecule has 24 heavy (non-hydrogen) atoms. The van der Waals surface area contributed by atoms with Crippen molar-refractivity contribution in [3.05, 3.63) is 41.7 Å². The molecule has 1 unspecified atom stereocenters. The van der Waals surface area contributed by atoms with Crippen molar-refractivity contribution in [3.63, 3.8) is 0 Å². The number of nitrogens with zero attached hydrogens (tertiary/aromatic N) is 3. The third-order valence-electron chi connectivity index (χ3n) is 4.44. The Morgan fingerprint density at radius 3 is 2.71 bits per heavy atom. The molecule has 1 atom stereocenters. The van der Waals surface area contributed by atoms with Gasteiger partial charge in [-0.2, -0.15) is 0 Å². The van der Waals surface area contributed by atoms with Crippen molar-refractivity contribution < 1.29 is 4.79 Å². The molecule has 0 bridgehead atoms. The molecule has 5 nitrogen and oxygen atoms in total. The van der Waals surface area contributed by atoms with E-state index in [1.165, 1.54) is 30.2 Å². The Morgan fingerprint density at radius 1 is 1.29 bits per heavy atom. The summed E-state index contributed by atoms with van der Waals surface area (Å²) in [5, 5.41) is 12.2. The molecule has 1 saturated carbocycles. The van der Waals surface area contributed by atoms with Crippen LogP contribution in [0.3, 0.4) is 0 Å². The Balaban J connectivity index is 1.65. The largest absolute Gasteiger partial charge is 0.352 e. The molecule has 1 aromatic carbocycles. The van der Waals surface area contributed by atoms with Crippen LogP contribution in [0.25, 0.3) is 0 Å². The third kappa shape index (κ3) is 4.17. The van der Waals surface area contributed by atoms with E-state index in [4.69, 9.17) is 0 Å². The van der Waals surface area contributed by atoms with Gasteiger partial charge in [0.05, 0.1) is 11.8 Å². The molecule has 1 N–H and O–H groups in total. The molecule has 1 fully saturated rings. The van der Waals surface area contributed by atoms with Crippen LogP contribution in [0.15, 0.2) is 35.5 Å². The number of nitrogens with one attached hydrogen (secondary N) is 1. The van der Waals surface area contributed by atoms with Gasteiger partial charge in [0.15, 0.2) is 5.16 Å². The minimum atomic E-state index is -0.177. The van der Waals surface area contributed by atoms with Crippen LogP contribution in [-0.4, -0.2) is 32.0 Å². The van der Waals surface area contributed by atoms with Gasteiger partial charge in [-0.05, 0) is 32.3 Å². The summed E-state index contributed by atoms with van der Waals surface area (Å²) in [5.74, 6) is 0.962. The lowest BCUT2D eigenvalue weighted by Crippen LogP contribution is -2.37. The van der Waals surface area contributed by atoms with Crippen LogP contribution in [0.1, 0.15) is 44.0 Å². The van der Waals surface area contributed by atoms with Gasteiger partial charge in [0, 0.05) is 6.04 Å². The van der Waals surface area contributed by atoms with Gasteiger partial charge in [0.1, 0.15) is 5.82 Å². The normalized spacial score (nSPS) is 16.2. The summed E-state index contributed by atoms with van der Waals surface area (Å²) in [6, 6.07) is 10.6. The zero-order valence-corrected chi connectivity index (χ0v) is 15.1. The van der Waals surface area contributed by atoms with E-state index in [1.807, 2.05) is 32.0 Å². The molecule has 1 amide bonds. The number of aryl methyl sites for hydroxylation is 1. The number of aromatic nitrogens is 3. The fourth-order valence-corrected chi connectivity index (χ4v) is 3.90. The van der Waals surface area contributed by atoms with Crippen molar-refractivity contribution in [1.82, 2.24) is 20.1 Å². The minimum absolute atomic E-state index is 0.0961. The molecule has 0 aliphatic heterocycles. The standard InChI is InChI=1S/C18H24N4OS/c1-13(17(23)19-16-10-6-7-11-16)24-18-21-20-14(2)22(18)12-15-8-4-3-5-9-15/h3-5,8-9,13,16H,6-7,10-12H2,1-2H3,(H,19,23). The van der Waals surface area contributed by atoms with E-state index in [2.05, 4.69) is 32.2 Å². The number of benzene rings is 1. The predicted octanol–water partition coefficient (Wildman–Crippen LogP) is 3.17. The van der Waals surface area contributed by atoms with E-state index < -0.39 is 0 Å². The first-order valence-electron chi connectivity index (χ1n) is 8.54. The lowest BCUT2D eigenvalue weighted by molar-refractivity contribution is -0.120. The van der Waals surface area contributed by atoms with Crippen LogP contribution in [0.5, 0.6) is 0 Å². The Kier molecular flexibility index (Phi) is 5.56. The van der Waals surface area contributed by atoms with Crippen LogP contribution < -0.4 is 5.32 Å². The summed E-state index contributed by atoms with van der Waals surface area (Å²) in [6.45, 7) is 4.61. The Morgan fingerprint density at radius 2 is 2.00 bits per heavy atom.